The largest absolute Gasteiger partial charge is 0.396 e. The van der Waals surface area contributed by atoms with Crippen LogP contribution in [0.2, 0.25) is 0 Å². The molecule has 5 heterocycles. The van der Waals surface area contributed by atoms with Crippen molar-refractivity contribution in [2.24, 2.45) is 11.8 Å². The number of hydrogen-bond donors (Lipinski definition) is 1. The summed E-state index contributed by atoms with van der Waals surface area (Å²) in [5.41, 5.74) is 0. The number of aliphatic hydroxyl groups excluding tert-OH is 1. The molecule has 5 aliphatic heterocycles. The third-order valence-electron chi connectivity index (χ3n) is 8.04. The number of thioether (sulfide) groups is 1. The standard InChI is InChI=1S/C25H36N4O5S/c1-26-8-4-6-18-19(22(26)31)20-23(32)29(10-2-3-15-30)21-24(33)28(9-5-7-25(20,21)35-18)12-11-27-13-16-34-17-14-27/h4-7,18-21,30H,2-3,8-17H2,1H3/t18-,19+,20+,21?,25+/m1/s1. The average Bonchev–Trinajstić information content (AvgIpc) is 3.18. The third kappa shape index (κ3) is 4.32. The van der Waals surface area contributed by atoms with Gasteiger partial charge >= 0.3 is 0 Å². The van der Waals surface area contributed by atoms with Gasteiger partial charge in [-0.2, -0.15) is 0 Å². The van der Waals surface area contributed by atoms with Crippen molar-refractivity contribution < 1.29 is 24.2 Å². The van der Waals surface area contributed by atoms with Crippen molar-refractivity contribution >= 4 is 29.5 Å². The second-order valence-corrected chi connectivity index (χ2v) is 11.6. The summed E-state index contributed by atoms with van der Waals surface area (Å²) >= 11 is 1.62. The Kier molecular flexibility index (Phi) is 7.25. The number of carbonyl (C=O) groups is 3. The lowest BCUT2D eigenvalue weighted by molar-refractivity contribution is -0.144. The maximum atomic E-state index is 14.1. The molecule has 5 rings (SSSR count). The maximum absolute atomic E-state index is 14.1. The quantitative estimate of drug-likeness (QED) is 0.380. The summed E-state index contributed by atoms with van der Waals surface area (Å²) < 4.78 is 4.69. The van der Waals surface area contributed by atoms with E-state index in [1.54, 1.807) is 28.6 Å². The first-order valence-electron chi connectivity index (χ1n) is 12.8. The van der Waals surface area contributed by atoms with E-state index in [2.05, 4.69) is 17.1 Å². The number of likely N-dealkylation sites (N-methyl/N-ethyl adjacent to an activating group) is 1. The number of aliphatic hydroxyl groups is 1. The van der Waals surface area contributed by atoms with Crippen LogP contribution in [0.4, 0.5) is 0 Å². The van der Waals surface area contributed by atoms with Gasteiger partial charge in [-0.05, 0) is 12.8 Å². The predicted molar refractivity (Wildman–Crippen MR) is 133 cm³/mol. The minimum atomic E-state index is -0.755. The van der Waals surface area contributed by atoms with Gasteiger partial charge in [-0.1, -0.05) is 24.3 Å². The Morgan fingerprint density at radius 3 is 2.60 bits per heavy atom. The van der Waals surface area contributed by atoms with Gasteiger partial charge in [0.25, 0.3) is 0 Å². The average molecular weight is 505 g/mol. The van der Waals surface area contributed by atoms with Crippen LogP contribution in [-0.2, 0) is 19.1 Å². The first-order chi connectivity index (χ1) is 17.0. The molecule has 192 valence electrons. The van der Waals surface area contributed by atoms with Crippen LogP contribution in [0, 0.1) is 11.8 Å². The molecule has 5 aliphatic rings. The van der Waals surface area contributed by atoms with E-state index < -0.39 is 22.6 Å². The maximum Gasteiger partial charge on any atom is 0.247 e. The summed E-state index contributed by atoms with van der Waals surface area (Å²) in [5, 5.41) is 9.19. The highest BCUT2D eigenvalue weighted by Gasteiger charge is 2.70. The van der Waals surface area contributed by atoms with Gasteiger partial charge in [0.15, 0.2) is 0 Å². The Morgan fingerprint density at radius 1 is 1.03 bits per heavy atom. The number of nitrogens with zero attached hydrogens (tertiary/aromatic N) is 4. The molecule has 1 spiro atoms. The molecule has 1 unspecified atom stereocenters. The molecule has 3 amide bonds. The lowest BCUT2D eigenvalue weighted by Crippen LogP contribution is -2.54. The molecule has 0 bridgehead atoms. The molecule has 0 aromatic heterocycles. The third-order valence-corrected chi connectivity index (χ3v) is 9.78. The van der Waals surface area contributed by atoms with Crippen molar-refractivity contribution in [1.82, 2.24) is 19.6 Å². The van der Waals surface area contributed by atoms with Gasteiger partial charge in [-0.15, -0.1) is 11.8 Å². The zero-order chi connectivity index (χ0) is 24.6. The summed E-state index contributed by atoms with van der Waals surface area (Å²) in [6, 6.07) is -0.634. The number of ether oxygens (including phenoxy) is 1. The molecule has 5 atom stereocenters. The monoisotopic (exact) mass is 504 g/mol. The van der Waals surface area contributed by atoms with Crippen molar-refractivity contribution in [3.05, 3.63) is 24.3 Å². The van der Waals surface area contributed by atoms with Crippen molar-refractivity contribution in [3.63, 3.8) is 0 Å². The molecule has 3 saturated heterocycles. The van der Waals surface area contributed by atoms with Crippen LogP contribution in [0.3, 0.4) is 0 Å². The Hall–Kier alpha value is -1.88. The summed E-state index contributed by atoms with van der Waals surface area (Å²) in [4.78, 5) is 49.1. The van der Waals surface area contributed by atoms with Crippen LogP contribution in [0.25, 0.3) is 0 Å². The Bertz CT molecular complexity index is 906. The number of carbonyl (C=O) groups excluding carboxylic acids is 3. The van der Waals surface area contributed by atoms with Gasteiger partial charge in [0.05, 0.1) is 29.8 Å². The summed E-state index contributed by atoms with van der Waals surface area (Å²) in [5.74, 6) is -1.18. The predicted octanol–water partition coefficient (Wildman–Crippen LogP) is -0.185. The first kappa shape index (κ1) is 24.8. The van der Waals surface area contributed by atoms with E-state index in [0.29, 0.717) is 52.2 Å². The van der Waals surface area contributed by atoms with Gasteiger partial charge in [0.2, 0.25) is 17.7 Å². The minimum Gasteiger partial charge on any atom is -0.396 e. The zero-order valence-electron chi connectivity index (χ0n) is 20.4. The highest BCUT2D eigenvalue weighted by molar-refractivity contribution is 8.02. The number of hydrogen-bond acceptors (Lipinski definition) is 7. The molecule has 0 aromatic rings. The summed E-state index contributed by atoms with van der Waals surface area (Å²) in [6.45, 7) is 6.02. The number of rotatable bonds is 7. The van der Waals surface area contributed by atoms with Crippen molar-refractivity contribution in [1.29, 1.82) is 0 Å². The lowest BCUT2D eigenvalue weighted by atomic mass is 9.78. The Morgan fingerprint density at radius 2 is 1.83 bits per heavy atom. The van der Waals surface area contributed by atoms with Gasteiger partial charge in [0, 0.05) is 64.7 Å². The molecule has 10 heteroatoms. The van der Waals surface area contributed by atoms with Crippen molar-refractivity contribution in [3.8, 4) is 0 Å². The van der Waals surface area contributed by atoms with Crippen LogP contribution in [0.5, 0.6) is 0 Å². The molecule has 0 radical (unpaired) electrons. The fraction of sp³-hybridized carbons (Fsp3) is 0.720. The molecule has 0 aromatic carbocycles. The fourth-order valence-corrected chi connectivity index (χ4v) is 8.24. The molecule has 9 nitrogen and oxygen atoms in total. The molecular weight excluding hydrogens is 468 g/mol. The van der Waals surface area contributed by atoms with Gasteiger partial charge in [0.1, 0.15) is 6.04 Å². The number of likely N-dealkylation sites (tertiary alicyclic amines) is 1. The Labute approximate surface area is 211 Å². The fourth-order valence-electron chi connectivity index (χ4n) is 6.23. The SMILES string of the molecule is CN1CC=C[C@H]2S[C@]34C=CCN(CCN5CCOCC5)C(=O)C3N(CCCCO)C(=O)[C@@H]4[C@H]2C1=O. The normalized spacial score (nSPS) is 35.3. The van der Waals surface area contributed by atoms with E-state index in [0.717, 1.165) is 19.6 Å². The van der Waals surface area contributed by atoms with E-state index in [9.17, 15) is 19.5 Å². The van der Waals surface area contributed by atoms with E-state index in [1.807, 2.05) is 17.1 Å². The smallest absolute Gasteiger partial charge is 0.247 e. The van der Waals surface area contributed by atoms with Crippen LogP contribution < -0.4 is 0 Å². The van der Waals surface area contributed by atoms with E-state index in [4.69, 9.17) is 4.74 Å². The number of unbranched alkanes of at least 4 members (excludes halogenated alkanes) is 1. The molecule has 0 aliphatic carbocycles. The van der Waals surface area contributed by atoms with Crippen molar-refractivity contribution in [2.45, 2.75) is 28.9 Å². The van der Waals surface area contributed by atoms with E-state index in [-0.39, 0.29) is 29.6 Å². The highest BCUT2D eigenvalue weighted by atomic mass is 32.2. The van der Waals surface area contributed by atoms with Crippen LogP contribution in [0.1, 0.15) is 12.8 Å². The number of amides is 3. The molecule has 0 saturated carbocycles. The van der Waals surface area contributed by atoms with Gasteiger partial charge < -0.3 is 24.5 Å². The van der Waals surface area contributed by atoms with Crippen LogP contribution in [-0.4, -0.2) is 131 Å². The van der Waals surface area contributed by atoms with Crippen molar-refractivity contribution in [2.75, 3.05) is 72.7 Å². The number of morpholine rings is 1. The number of fused-ring (bicyclic) bond motifs is 2. The molecule has 35 heavy (non-hydrogen) atoms. The second-order valence-electron chi connectivity index (χ2n) is 10.1. The summed E-state index contributed by atoms with van der Waals surface area (Å²) in [6.07, 6.45) is 9.36. The molecular formula is C25H36N4O5S. The van der Waals surface area contributed by atoms with Crippen LogP contribution >= 0.6 is 11.8 Å². The summed E-state index contributed by atoms with van der Waals surface area (Å²) in [7, 11) is 1.78. The Balaban J connectivity index is 1.45. The topological polar surface area (TPSA) is 93.6 Å². The van der Waals surface area contributed by atoms with Crippen LogP contribution in [0.15, 0.2) is 24.3 Å². The lowest BCUT2D eigenvalue weighted by Gasteiger charge is -2.36. The first-order valence-corrected chi connectivity index (χ1v) is 13.6. The minimum absolute atomic E-state index is 0.0204. The zero-order valence-corrected chi connectivity index (χ0v) is 21.2. The van der Waals surface area contributed by atoms with Gasteiger partial charge in [-0.25, -0.2) is 0 Å². The van der Waals surface area contributed by atoms with Gasteiger partial charge in [-0.3, -0.25) is 19.3 Å². The van der Waals surface area contributed by atoms with E-state index in [1.165, 1.54) is 0 Å². The molecule has 1 N–H and O–H groups in total. The molecule has 3 fully saturated rings. The highest BCUT2D eigenvalue weighted by Crippen LogP contribution is 2.60. The second kappa shape index (κ2) is 10.2. The van der Waals surface area contributed by atoms with E-state index >= 15 is 0 Å².